The molecule has 1 heterocycles. The highest BCUT2D eigenvalue weighted by Crippen LogP contribution is 2.45. The van der Waals surface area contributed by atoms with Gasteiger partial charge >= 0.3 is 6.18 Å². The Bertz CT molecular complexity index is 450. The maximum absolute atomic E-state index is 12.7. The van der Waals surface area contributed by atoms with Gasteiger partial charge < -0.3 is 9.47 Å². The Hall–Kier alpha value is -1.39. The summed E-state index contributed by atoms with van der Waals surface area (Å²) < 4.78 is 48.6. The molecule has 2 nitrogen and oxygen atoms in total. The molecule has 1 aromatic rings. The third-order valence-corrected chi connectivity index (χ3v) is 2.67. The molecule has 0 saturated heterocycles. The summed E-state index contributed by atoms with van der Waals surface area (Å²) >= 11 is 0. The molecule has 1 aliphatic rings. The zero-order valence-electron chi connectivity index (χ0n) is 9.81. The Balaban J connectivity index is 2.53. The molecule has 0 atom stereocenters. The van der Waals surface area contributed by atoms with E-state index in [1.165, 1.54) is 7.11 Å². The van der Waals surface area contributed by atoms with Crippen molar-refractivity contribution < 1.29 is 22.6 Å². The number of alkyl halides is 3. The van der Waals surface area contributed by atoms with Crippen LogP contribution in [0.1, 0.15) is 25.0 Å². The SMILES string of the molecule is COc1cc(C(F)(F)F)cc2c1OC(C)(C)C2. The van der Waals surface area contributed by atoms with Gasteiger partial charge in [-0.15, -0.1) is 0 Å². The molecule has 94 valence electrons. The first-order chi connectivity index (χ1) is 7.73. The lowest BCUT2D eigenvalue weighted by Gasteiger charge is -2.17. The largest absolute Gasteiger partial charge is 0.493 e. The lowest BCUT2D eigenvalue weighted by Crippen LogP contribution is -2.24. The van der Waals surface area contributed by atoms with Gasteiger partial charge in [0.2, 0.25) is 0 Å². The molecule has 2 rings (SSSR count). The number of hydrogen-bond acceptors (Lipinski definition) is 2. The molecule has 0 radical (unpaired) electrons. The standard InChI is InChI=1S/C12H13F3O2/c1-11(2)6-7-4-8(12(13,14)15)5-9(16-3)10(7)17-11/h4-5H,6H2,1-3H3. The average molecular weight is 246 g/mol. The Kier molecular flexibility index (Phi) is 2.52. The molecule has 0 unspecified atom stereocenters. The Morgan fingerprint density at radius 2 is 1.94 bits per heavy atom. The van der Waals surface area contributed by atoms with Gasteiger partial charge in [-0.25, -0.2) is 0 Å². The van der Waals surface area contributed by atoms with Crippen molar-refractivity contribution >= 4 is 0 Å². The molecule has 0 aliphatic carbocycles. The number of halogens is 3. The van der Waals surface area contributed by atoms with Crippen LogP contribution in [0.2, 0.25) is 0 Å². The van der Waals surface area contributed by atoms with Crippen LogP contribution < -0.4 is 9.47 Å². The smallest absolute Gasteiger partial charge is 0.416 e. The van der Waals surface area contributed by atoms with Crippen molar-refractivity contribution in [3.8, 4) is 11.5 Å². The van der Waals surface area contributed by atoms with Crippen molar-refractivity contribution in [2.75, 3.05) is 7.11 Å². The lowest BCUT2D eigenvalue weighted by molar-refractivity contribution is -0.137. The summed E-state index contributed by atoms with van der Waals surface area (Å²) in [5, 5.41) is 0. The van der Waals surface area contributed by atoms with Gasteiger partial charge in [-0.2, -0.15) is 13.2 Å². The van der Waals surface area contributed by atoms with Crippen molar-refractivity contribution in [3.05, 3.63) is 23.3 Å². The van der Waals surface area contributed by atoms with Gasteiger partial charge in [-0.1, -0.05) is 0 Å². The average Bonchev–Trinajstić information content (AvgIpc) is 2.48. The third-order valence-electron chi connectivity index (χ3n) is 2.67. The molecule has 17 heavy (non-hydrogen) atoms. The summed E-state index contributed by atoms with van der Waals surface area (Å²) in [7, 11) is 1.34. The topological polar surface area (TPSA) is 18.5 Å². The zero-order valence-corrected chi connectivity index (χ0v) is 9.81. The number of ether oxygens (including phenoxy) is 2. The minimum Gasteiger partial charge on any atom is -0.493 e. The molecule has 0 N–H and O–H groups in total. The van der Waals surface area contributed by atoms with E-state index >= 15 is 0 Å². The molecule has 0 fully saturated rings. The van der Waals surface area contributed by atoms with Crippen molar-refractivity contribution in [1.29, 1.82) is 0 Å². The fraction of sp³-hybridized carbons (Fsp3) is 0.500. The van der Waals surface area contributed by atoms with Crippen LogP contribution in [0.3, 0.4) is 0 Å². The fourth-order valence-electron chi connectivity index (χ4n) is 1.99. The second-order valence-electron chi connectivity index (χ2n) is 4.70. The Morgan fingerprint density at radius 3 is 2.47 bits per heavy atom. The molecule has 5 heteroatoms. The lowest BCUT2D eigenvalue weighted by atomic mass is 10.00. The molecule has 0 aromatic heterocycles. The molecule has 0 spiro atoms. The van der Waals surface area contributed by atoms with E-state index in [2.05, 4.69) is 0 Å². The number of benzene rings is 1. The van der Waals surface area contributed by atoms with E-state index in [-0.39, 0.29) is 5.75 Å². The van der Waals surface area contributed by atoms with Crippen LogP contribution in [-0.4, -0.2) is 12.7 Å². The highest BCUT2D eigenvalue weighted by molar-refractivity contribution is 5.53. The highest BCUT2D eigenvalue weighted by Gasteiger charge is 2.37. The van der Waals surface area contributed by atoms with Crippen molar-refractivity contribution in [2.24, 2.45) is 0 Å². The number of hydrogen-bond donors (Lipinski definition) is 0. The Morgan fingerprint density at radius 1 is 1.29 bits per heavy atom. The second-order valence-corrected chi connectivity index (χ2v) is 4.70. The van der Waals surface area contributed by atoms with E-state index < -0.39 is 17.3 Å². The van der Waals surface area contributed by atoms with Gasteiger partial charge in [0, 0.05) is 12.0 Å². The first kappa shape index (κ1) is 12.1. The zero-order chi connectivity index (χ0) is 12.8. The summed E-state index contributed by atoms with van der Waals surface area (Å²) in [6.07, 6.45) is -3.92. The van der Waals surface area contributed by atoms with Crippen LogP contribution in [-0.2, 0) is 12.6 Å². The third kappa shape index (κ3) is 2.18. The van der Waals surface area contributed by atoms with E-state index in [0.29, 0.717) is 17.7 Å². The monoisotopic (exact) mass is 246 g/mol. The summed E-state index contributed by atoms with van der Waals surface area (Å²) in [6.45, 7) is 3.67. The van der Waals surface area contributed by atoms with Crippen molar-refractivity contribution in [1.82, 2.24) is 0 Å². The molecule has 0 saturated carbocycles. The summed E-state index contributed by atoms with van der Waals surface area (Å²) in [5.74, 6) is 0.561. The van der Waals surface area contributed by atoms with Crippen molar-refractivity contribution in [2.45, 2.75) is 32.0 Å². The molecular formula is C12H13F3O2. The van der Waals surface area contributed by atoms with Gasteiger partial charge in [0.25, 0.3) is 0 Å². The van der Waals surface area contributed by atoms with Crippen LogP contribution in [0, 0.1) is 0 Å². The summed E-state index contributed by atoms with van der Waals surface area (Å²) in [5.41, 5.74) is -0.643. The maximum Gasteiger partial charge on any atom is 0.416 e. The molecular weight excluding hydrogens is 233 g/mol. The maximum atomic E-state index is 12.7. The Labute approximate surface area is 97.3 Å². The van der Waals surface area contributed by atoms with E-state index in [9.17, 15) is 13.2 Å². The minimum atomic E-state index is -4.37. The normalized spacial score (nSPS) is 17.5. The first-order valence-electron chi connectivity index (χ1n) is 5.20. The van der Waals surface area contributed by atoms with Gasteiger partial charge in [-0.3, -0.25) is 0 Å². The van der Waals surface area contributed by atoms with Gasteiger partial charge in [0.15, 0.2) is 11.5 Å². The van der Waals surface area contributed by atoms with Gasteiger partial charge in [0.1, 0.15) is 5.60 Å². The van der Waals surface area contributed by atoms with Crippen LogP contribution >= 0.6 is 0 Å². The van der Waals surface area contributed by atoms with Crippen LogP contribution in [0.25, 0.3) is 0 Å². The van der Waals surface area contributed by atoms with Crippen LogP contribution in [0.5, 0.6) is 11.5 Å². The predicted molar refractivity (Wildman–Crippen MR) is 56.4 cm³/mol. The van der Waals surface area contributed by atoms with E-state index in [1.807, 2.05) is 13.8 Å². The van der Waals surface area contributed by atoms with Gasteiger partial charge in [-0.05, 0) is 26.0 Å². The van der Waals surface area contributed by atoms with E-state index in [0.717, 1.165) is 12.1 Å². The van der Waals surface area contributed by atoms with E-state index in [4.69, 9.17) is 9.47 Å². The van der Waals surface area contributed by atoms with Crippen LogP contribution in [0.4, 0.5) is 13.2 Å². The number of methoxy groups -OCH3 is 1. The molecule has 0 amide bonds. The first-order valence-corrected chi connectivity index (χ1v) is 5.20. The van der Waals surface area contributed by atoms with Crippen molar-refractivity contribution in [3.63, 3.8) is 0 Å². The van der Waals surface area contributed by atoms with Crippen LogP contribution in [0.15, 0.2) is 12.1 Å². The van der Waals surface area contributed by atoms with E-state index in [1.54, 1.807) is 0 Å². The van der Waals surface area contributed by atoms with Gasteiger partial charge in [0.05, 0.1) is 12.7 Å². The molecule has 1 aliphatic heterocycles. The number of rotatable bonds is 1. The second kappa shape index (κ2) is 3.55. The highest BCUT2D eigenvalue weighted by atomic mass is 19.4. The fourth-order valence-corrected chi connectivity index (χ4v) is 1.99. The quantitative estimate of drug-likeness (QED) is 0.755. The summed E-state index contributed by atoms with van der Waals surface area (Å²) in [4.78, 5) is 0. The minimum absolute atomic E-state index is 0.139. The molecule has 1 aromatic carbocycles. The predicted octanol–water partition coefficient (Wildman–Crippen LogP) is 3.43. The summed E-state index contributed by atoms with van der Waals surface area (Å²) in [6, 6.07) is 2.10. The molecule has 0 bridgehead atoms. The number of fused-ring (bicyclic) bond motifs is 1.